The average Bonchev–Trinajstić information content (AvgIpc) is 2.71. The number of hydrogen-bond donors (Lipinski definition) is 2. The van der Waals surface area contributed by atoms with Crippen LogP contribution in [0.1, 0.15) is 9.75 Å². The first kappa shape index (κ1) is 14.2. The fraction of sp³-hybridized carbons (Fsp3) is 0.333. The molecule has 0 spiro atoms. The maximum Gasteiger partial charge on any atom is 0.323 e. The van der Waals surface area contributed by atoms with Crippen molar-refractivity contribution in [3.05, 3.63) is 34.5 Å². The van der Waals surface area contributed by atoms with Gasteiger partial charge in [0.05, 0.1) is 6.54 Å². The fourth-order valence-electron chi connectivity index (χ4n) is 1.39. The van der Waals surface area contributed by atoms with Crippen molar-refractivity contribution in [3.8, 4) is 0 Å². The molecule has 0 radical (unpaired) electrons. The first-order valence-electron chi connectivity index (χ1n) is 5.43. The highest BCUT2D eigenvalue weighted by Crippen LogP contribution is 2.14. The summed E-state index contributed by atoms with van der Waals surface area (Å²) in [5.74, 6) is -1.04. The van der Waals surface area contributed by atoms with Gasteiger partial charge in [-0.25, -0.2) is 4.79 Å². The van der Waals surface area contributed by atoms with Gasteiger partial charge in [-0.3, -0.25) is 4.79 Å². The third-order valence-corrected chi connectivity index (χ3v) is 3.17. The third kappa shape index (κ3) is 4.58. The van der Waals surface area contributed by atoms with Crippen molar-refractivity contribution in [2.24, 2.45) is 0 Å². The molecule has 2 N–H and O–H groups in total. The second-order valence-corrected chi connectivity index (χ2v) is 5.11. The number of hydrogen-bond acceptors (Lipinski definition) is 3. The smallest absolute Gasteiger partial charge is 0.323 e. The van der Waals surface area contributed by atoms with E-state index in [0.29, 0.717) is 6.54 Å². The summed E-state index contributed by atoms with van der Waals surface area (Å²) in [7, 11) is 0. The molecule has 0 atom stereocenters. The Morgan fingerprint density at radius 1 is 1.56 bits per heavy atom. The van der Waals surface area contributed by atoms with Crippen LogP contribution < -0.4 is 5.32 Å². The molecular formula is C12H16N2O3S. The maximum atomic E-state index is 11.8. The summed E-state index contributed by atoms with van der Waals surface area (Å²) in [6.45, 7) is 5.78. The zero-order chi connectivity index (χ0) is 13.5. The summed E-state index contributed by atoms with van der Waals surface area (Å²) in [6.07, 6.45) is 1.50. The molecule has 1 aromatic heterocycles. The van der Waals surface area contributed by atoms with Gasteiger partial charge in [0.2, 0.25) is 0 Å². The van der Waals surface area contributed by atoms with Gasteiger partial charge < -0.3 is 15.3 Å². The predicted octanol–water partition coefficient (Wildman–Crippen LogP) is 1.84. The van der Waals surface area contributed by atoms with E-state index >= 15 is 0 Å². The third-order valence-electron chi connectivity index (χ3n) is 2.17. The number of aliphatic carboxylic acids is 1. The highest BCUT2D eigenvalue weighted by atomic mass is 32.1. The molecule has 0 saturated carbocycles. The lowest BCUT2D eigenvalue weighted by molar-refractivity contribution is -0.137. The summed E-state index contributed by atoms with van der Waals surface area (Å²) in [5.41, 5.74) is 0. The zero-order valence-corrected chi connectivity index (χ0v) is 11.0. The van der Waals surface area contributed by atoms with E-state index in [4.69, 9.17) is 5.11 Å². The lowest BCUT2D eigenvalue weighted by atomic mass is 10.4. The molecule has 1 rings (SSSR count). The van der Waals surface area contributed by atoms with Crippen LogP contribution in [0.25, 0.3) is 0 Å². The second-order valence-electron chi connectivity index (χ2n) is 3.73. The number of nitrogens with one attached hydrogen (secondary N) is 1. The van der Waals surface area contributed by atoms with Crippen molar-refractivity contribution in [2.45, 2.75) is 13.5 Å². The quantitative estimate of drug-likeness (QED) is 0.773. The summed E-state index contributed by atoms with van der Waals surface area (Å²) < 4.78 is 0. The number of carboxylic acid groups (broad SMARTS) is 1. The normalized spacial score (nSPS) is 9.83. The van der Waals surface area contributed by atoms with Crippen molar-refractivity contribution in [1.29, 1.82) is 0 Å². The minimum absolute atomic E-state index is 0.210. The first-order valence-corrected chi connectivity index (χ1v) is 6.25. The molecule has 0 fully saturated rings. The van der Waals surface area contributed by atoms with E-state index in [1.165, 1.54) is 15.9 Å². The van der Waals surface area contributed by atoms with Gasteiger partial charge in [-0.15, -0.1) is 17.9 Å². The van der Waals surface area contributed by atoms with Gasteiger partial charge in [-0.2, -0.15) is 0 Å². The molecular weight excluding hydrogens is 252 g/mol. The van der Waals surface area contributed by atoms with Crippen LogP contribution >= 0.6 is 11.3 Å². The number of aryl methyl sites for hydroxylation is 1. The van der Waals surface area contributed by atoms with Gasteiger partial charge >= 0.3 is 12.0 Å². The summed E-state index contributed by atoms with van der Waals surface area (Å²) in [6, 6.07) is 3.52. The zero-order valence-electron chi connectivity index (χ0n) is 10.2. The van der Waals surface area contributed by atoms with E-state index in [-0.39, 0.29) is 13.1 Å². The van der Waals surface area contributed by atoms with E-state index in [2.05, 4.69) is 11.9 Å². The highest BCUT2D eigenvalue weighted by Gasteiger charge is 2.14. The Bertz CT molecular complexity index is 442. The van der Waals surface area contributed by atoms with Crippen molar-refractivity contribution in [2.75, 3.05) is 13.1 Å². The Hall–Kier alpha value is -1.82. The fourth-order valence-corrected chi connectivity index (χ4v) is 2.22. The Labute approximate surface area is 110 Å². The molecule has 0 saturated heterocycles. The second kappa shape index (κ2) is 6.80. The summed E-state index contributed by atoms with van der Waals surface area (Å²) in [5, 5.41) is 11.4. The van der Waals surface area contributed by atoms with Crippen LogP contribution in [0.4, 0.5) is 4.79 Å². The lowest BCUT2D eigenvalue weighted by Gasteiger charge is -2.19. The van der Waals surface area contributed by atoms with E-state index in [1.54, 1.807) is 11.3 Å². The molecule has 18 heavy (non-hydrogen) atoms. The van der Waals surface area contributed by atoms with Crippen LogP contribution in [-0.2, 0) is 11.3 Å². The summed E-state index contributed by atoms with van der Waals surface area (Å²) in [4.78, 5) is 25.8. The largest absolute Gasteiger partial charge is 0.480 e. The van der Waals surface area contributed by atoms with Crippen molar-refractivity contribution in [1.82, 2.24) is 10.2 Å². The van der Waals surface area contributed by atoms with Gasteiger partial charge in [0.25, 0.3) is 0 Å². The van der Waals surface area contributed by atoms with Crippen LogP contribution in [0, 0.1) is 6.92 Å². The molecule has 5 nitrogen and oxygen atoms in total. The molecule has 2 amide bonds. The lowest BCUT2D eigenvalue weighted by Crippen LogP contribution is -2.42. The van der Waals surface area contributed by atoms with E-state index < -0.39 is 12.0 Å². The topological polar surface area (TPSA) is 69.6 Å². The van der Waals surface area contributed by atoms with Crippen LogP contribution in [0.2, 0.25) is 0 Å². The maximum absolute atomic E-state index is 11.8. The molecule has 6 heteroatoms. The van der Waals surface area contributed by atoms with Crippen molar-refractivity contribution < 1.29 is 14.7 Å². The van der Waals surface area contributed by atoms with Crippen molar-refractivity contribution >= 4 is 23.3 Å². The molecule has 1 aromatic rings. The van der Waals surface area contributed by atoms with Crippen LogP contribution in [0.5, 0.6) is 0 Å². The minimum atomic E-state index is -1.04. The van der Waals surface area contributed by atoms with Gasteiger partial charge in [0.1, 0.15) is 6.54 Å². The predicted molar refractivity (Wildman–Crippen MR) is 70.7 cm³/mol. The number of carbonyl (C=O) groups excluding carboxylic acids is 1. The first-order chi connectivity index (χ1) is 8.52. The van der Waals surface area contributed by atoms with E-state index in [1.807, 2.05) is 19.1 Å². The van der Waals surface area contributed by atoms with Crippen molar-refractivity contribution in [3.63, 3.8) is 0 Å². The van der Waals surface area contributed by atoms with E-state index in [9.17, 15) is 9.59 Å². The molecule has 1 heterocycles. The van der Waals surface area contributed by atoms with Crippen LogP contribution in [0.3, 0.4) is 0 Å². The van der Waals surface area contributed by atoms with Gasteiger partial charge in [0, 0.05) is 16.3 Å². The number of thiophene rings is 1. The number of carboxylic acids is 1. The molecule has 0 unspecified atom stereocenters. The molecule has 0 bridgehead atoms. The minimum Gasteiger partial charge on any atom is -0.480 e. The number of rotatable bonds is 6. The van der Waals surface area contributed by atoms with Gasteiger partial charge in [-0.05, 0) is 19.1 Å². The molecule has 0 aliphatic rings. The Kier molecular flexibility index (Phi) is 5.38. The average molecular weight is 268 g/mol. The number of urea groups is 1. The Morgan fingerprint density at radius 3 is 2.78 bits per heavy atom. The van der Waals surface area contributed by atoms with Gasteiger partial charge in [-0.1, -0.05) is 6.08 Å². The van der Waals surface area contributed by atoms with Gasteiger partial charge in [0.15, 0.2) is 0 Å². The molecule has 98 valence electrons. The standard InChI is InChI=1S/C12H16N2O3S/c1-3-6-14(8-11(15)16)12(17)13-7-10-5-4-9(2)18-10/h3-5H,1,6-8H2,2H3,(H,13,17)(H,15,16). The Balaban J connectivity index is 2.50. The molecule has 0 aliphatic heterocycles. The monoisotopic (exact) mass is 268 g/mol. The summed E-state index contributed by atoms with van der Waals surface area (Å²) >= 11 is 1.60. The number of amides is 2. The SMILES string of the molecule is C=CCN(CC(=O)O)C(=O)NCc1ccc(C)s1. The van der Waals surface area contributed by atoms with Crippen LogP contribution in [-0.4, -0.2) is 35.1 Å². The number of carbonyl (C=O) groups is 2. The number of nitrogens with zero attached hydrogens (tertiary/aromatic N) is 1. The van der Waals surface area contributed by atoms with E-state index in [0.717, 1.165) is 4.88 Å². The van der Waals surface area contributed by atoms with Crippen LogP contribution in [0.15, 0.2) is 24.8 Å². The Morgan fingerprint density at radius 2 is 2.28 bits per heavy atom. The molecule has 0 aromatic carbocycles. The highest BCUT2D eigenvalue weighted by molar-refractivity contribution is 7.11. The molecule has 0 aliphatic carbocycles.